The van der Waals surface area contributed by atoms with Crippen molar-refractivity contribution >= 4 is 5.71 Å². The summed E-state index contributed by atoms with van der Waals surface area (Å²) in [7, 11) is 0. The minimum atomic E-state index is -0.695. The first kappa shape index (κ1) is 11.6. The Kier molecular flexibility index (Phi) is 2.66. The predicted molar refractivity (Wildman–Crippen MR) is 62.1 cm³/mol. The molecule has 0 aliphatic carbocycles. The first-order chi connectivity index (χ1) is 9.13. The Morgan fingerprint density at radius 2 is 2.26 bits per heavy atom. The van der Waals surface area contributed by atoms with Crippen molar-refractivity contribution in [3.05, 3.63) is 41.3 Å². The van der Waals surface area contributed by atoms with Crippen LogP contribution in [0.3, 0.4) is 0 Å². The van der Waals surface area contributed by atoms with Gasteiger partial charge in [-0.15, -0.1) is 0 Å². The first-order valence-electron chi connectivity index (χ1n) is 5.65. The second-order valence-corrected chi connectivity index (χ2v) is 4.17. The Balaban J connectivity index is 1.79. The fourth-order valence-corrected chi connectivity index (χ4v) is 1.82. The molecule has 0 saturated heterocycles. The van der Waals surface area contributed by atoms with Gasteiger partial charge in [0.05, 0.1) is 5.71 Å². The maximum atomic E-state index is 13.3. The Morgan fingerprint density at radius 1 is 1.42 bits per heavy atom. The van der Waals surface area contributed by atoms with E-state index in [0.717, 1.165) is 0 Å². The van der Waals surface area contributed by atoms with E-state index in [2.05, 4.69) is 15.3 Å². The molecule has 2 heterocycles. The van der Waals surface area contributed by atoms with E-state index in [-0.39, 0.29) is 0 Å². The van der Waals surface area contributed by atoms with E-state index in [0.29, 0.717) is 29.4 Å². The van der Waals surface area contributed by atoms with Crippen LogP contribution in [-0.4, -0.2) is 21.0 Å². The second-order valence-electron chi connectivity index (χ2n) is 4.17. The largest absolute Gasteiger partial charge is 0.505 e. The molecule has 1 aliphatic heterocycles. The molecule has 0 spiro atoms. The third-order valence-electron chi connectivity index (χ3n) is 2.78. The molecular weight excluding hydrogens is 253 g/mol. The molecule has 1 aromatic heterocycles. The van der Waals surface area contributed by atoms with E-state index < -0.39 is 17.7 Å². The number of aromatic nitrogens is 2. The topological polar surface area (TPSA) is 80.7 Å². The summed E-state index contributed by atoms with van der Waals surface area (Å²) in [6.07, 6.45) is -0.00673. The number of aryl methyl sites for hydroxylation is 1. The average molecular weight is 263 g/mol. The lowest BCUT2D eigenvalue weighted by atomic mass is 10.0. The van der Waals surface area contributed by atoms with Crippen LogP contribution in [0.4, 0.5) is 4.39 Å². The lowest BCUT2D eigenvalue weighted by molar-refractivity contribution is 0.0772. The molecule has 0 radical (unpaired) electrons. The van der Waals surface area contributed by atoms with Crippen LogP contribution in [0.25, 0.3) is 0 Å². The molecular formula is C12H10FN3O3. The van der Waals surface area contributed by atoms with E-state index in [4.69, 9.17) is 14.5 Å². The molecule has 0 fully saturated rings. The summed E-state index contributed by atoms with van der Waals surface area (Å²) in [6.45, 7) is 1.68. The molecule has 0 saturated carbocycles. The Morgan fingerprint density at radius 3 is 2.95 bits per heavy atom. The third-order valence-corrected chi connectivity index (χ3v) is 2.78. The van der Waals surface area contributed by atoms with Gasteiger partial charge in [-0.05, 0) is 18.2 Å². The molecule has 2 aromatic rings. The maximum absolute atomic E-state index is 13.3. The van der Waals surface area contributed by atoms with E-state index in [1.54, 1.807) is 13.0 Å². The van der Waals surface area contributed by atoms with E-state index in [1.807, 2.05) is 0 Å². The van der Waals surface area contributed by atoms with E-state index in [1.165, 1.54) is 12.1 Å². The summed E-state index contributed by atoms with van der Waals surface area (Å²) in [5, 5.41) is 16.8. The van der Waals surface area contributed by atoms with Crippen molar-refractivity contribution in [1.82, 2.24) is 10.1 Å². The molecule has 1 N–H and O–H groups in total. The zero-order chi connectivity index (χ0) is 13.4. The van der Waals surface area contributed by atoms with Gasteiger partial charge in [0.1, 0.15) is 0 Å². The zero-order valence-electron chi connectivity index (χ0n) is 10.00. The molecule has 0 amide bonds. The van der Waals surface area contributed by atoms with Gasteiger partial charge in [-0.3, -0.25) is 0 Å². The van der Waals surface area contributed by atoms with Crippen LogP contribution in [-0.2, 0) is 4.84 Å². The molecule has 1 atom stereocenters. The van der Waals surface area contributed by atoms with Crippen molar-refractivity contribution in [3.8, 4) is 5.75 Å². The highest BCUT2D eigenvalue weighted by Gasteiger charge is 2.28. The molecule has 3 rings (SSSR count). The van der Waals surface area contributed by atoms with Crippen molar-refractivity contribution in [2.45, 2.75) is 19.4 Å². The quantitative estimate of drug-likeness (QED) is 0.897. The van der Waals surface area contributed by atoms with Crippen LogP contribution in [0.2, 0.25) is 0 Å². The monoisotopic (exact) mass is 263 g/mol. The molecule has 0 bridgehead atoms. The van der Waals surface area contributed by atoms with Gasteiger partial charge in [0.2, 0.25) is 11.7 Å². The normalized spacial score (nSPS) is 18.2. The molecule has 6 nitrogen and oxygen atoms in total. The second kappa shape index (κ2) is 4.34. The van der Waals surface area contributed by atoms with E-state index >= 15 is 0 Å². The van der Waals surface area contributed by atoms with Crippen LogP contribution in [0.15, 0.2) is 27.9 Å². The van der Waals surface area contributed by atoms with Crippen LogP contribution >= 0.6 is 0 Å². The van der Waals surface area contributed by atoms with Crippen molar-refractivity contribution in [1.29, 1.82) is 0 Å². The fourth-order valence-electron chi connectivity index (χ4n) is 1.82. The highest BCUT2D eigenvalue weighted by atomic mass is 19.1. The molecule has 1 aromatic carbocycles. The Bertz CT molecular complexity index is 653. The number of halogens is 1. The number of hydrogen-bond acceptors (Lipinski definition) is 6. The van der Waals surface area contributed by atoms with Crippen LogP contribution in [0, 0.1) is 12.7 Å². The number of phenols is 1. The number of nitrogens with zero attached hydrogens (tertiary/aromatic N) is 3. The Labute approximate surface area is 107 Å². The van der Waals surface area contributed by atoms with Gasteiger partial charge in [0.15, 0.2) is 17.7 Å². The van der Waals surface area contributed by atoms with Crippen LogP contribution < -0.4 is 0 Å². The van der Waals surface area contributed by atoms with Gasteiger partial charge in [0.25, 0.3) is 0 Å². The van der Waals surface area contributed by atoms with Crippen molar-refractivity contribution in [2.75, 3.05) is 0 Å². The summed E-state index contributed by atoms with van der Waals surface area (Å²) < 4.78 is 18.1. The van der Waals surface area contributed by atoms with Gasteiger partial charge >= 0.3 is 0 Å². The number of rotatable bonds is 2. The highest BCUT2D eigenvalue weighted by molar-refractivity contribution is 6.01. The van der Waals surface area contributed by atoms with Gasteiger partial charge in [0, 0.05) is 18.9 Å². The van der Waals surface area contributed by atoms with Crippen molar-refractivity contribution in [2.24, 2.45) is 5.16 Å². The number of aromatic hydroxyl groups is 1. The zero-order valence-corrected chi connectivity index (χ0v) is 10.00. The summed E-state index contributed by atoms with van der Waals surface area (Å²) in [5.41, 5.74) is 1.13. The molecule has 1 aliphatic rings. The minimum Gasteiger partial charge on any atom is -0.505 e. The van der Waals surface area contributed by atoms with Crippen LogP contribution in [0.5, 0.6) is 5.75 Å². The lowest BCUT2D eigenvalue weighted by Gasteiger charge is -2.02. The number of hydrogen-bond donors (Lipinski definition) is 1. The standard InChI is InChI=1S/C12H10FN3O3/c1-6-14-12(16-18-6)11-5-9(15-19-11)7-2-3-10(17)8(13)4-7/h2-4,11,17H,5H2,1H3. The summed E-state index contributed by atoms with van der Waals surface area (Å²) in [6, 6.07) is 4.06. The summed E-state index contributed by atoms with van der Waals surface area (Å²) >= 11 is 0. The minimum absolute atomic E-state index is 0.395. The van der Waals surface area contributed by atoms with Gasteiger partial charge in [-0.1, -0.05) is 10.3 Å². The third kappa shape index (κ3) is 2.14. The highest BCUT2D eigenvalue weighted by Crippen LogP contribution is 2.28. The molecule has 19 heavy (non-hydrogen) atoms. The van der Waals surface area contributed by atoms with Gasteiger partial charge < -0.3 is 14.5 Å². The average Bonchev–Trinajstić information content (AvgIpc) is 3.01. The van der Waals surface area contributed by atoms with E-state index in [9.17, 15) is 4.39 Å². The van der Waals surface area contributed by atoms with Crippen molar-refractivity contribution in [3.63, 3.8) is 0 Å². The number of benzene rings is 1. The summed E-state index contributed by atoms with van der Waals surface area (Å²) in [4.78, 5) is 9.27. The predicted octanol–water partition coefficient (Wildman–Crippen LogP) is 2.09. The SMILES string of the molecule is Cc1nc(C2CC(c3ccc(O)c(F)c3)=NO2)no1. The summed E-state index contributed by atoms with van der Waals surface area (Å²) in [5.74, 6) is -0.231. The van der Waals surface area contributed by atoms with Crippen molar-refractivity contribution < 1.29 is 18.9 Å². The van der Waals surface area contributed by atoms with Gasteiger partial charge in [-0.2, -0.15) is 4.98 Å². The van der Waals surface area contributed by atoms with Gasteiger partial charge in [-0.25, -0.2) is 4.39 Å². The fraction of sp³-hybridized carbons (Fsp3) is 0.250. The molecule has 7 heteroatoms. The number of phenolic OH excluding ortho intramolecular Hbond substituents is 1. The first-order valence-corrected chi connectivity index (χ1v) is 5.65. The molecule has 98 valence electrons. The number of oxime groups is 1. The Hall–Kier alpha value is -2.44. The lowest BCUT2D eigenvalue weighted by Crippen LogP contribution is -2.03. The molecule has 1 unspecified atom stereocenters. The maximum Gasteiger partial charge on any atom is 0.223 e. The smallest absolute Gasteiger partial charge is 0.223 e. The van der Waals surface area contributed by atoms with Crippen LogP contribution in [0.1, 0.15) is 29.8 Å².